The van der Waals surface area contributed by atoms with Crippen LogP contribution in [-0.2, 0) is 28.0 Å². The summed E-state index contributed by atoms with van der Waals surface area (Å²) in [6.45, 7) is 10.2. The summed E-state index contributed by atoms with van der Waals surface area (Å²) < 4.78 is 0. The number of phenols is 1. The second-order valence-electron chi connectivity index (χ2n) is 10.3. The van der Waals surface area contributed by atoms with Crippen molar-refractivity contribution in [2.45, 2.75) is 57.6 Å². The molecule has 3 aliphatic rings. The van der Waals surface area contributed by atoms with Crippen LogP contribution in [0.4, 0.5) is 0 Å². The number of nitrogens with two attached hydrogens (primary N) is 2. The van der Waals surface area contributed by atoms with E-state index in [2.05, 4.69) is 6.58 Å². The summed E-state index contributed by atoms with van der Waals surface area (Å²) in [6, 6.07) is 1.90. The standard InChI is InChI=1S/C25H30N2O6.H2O/c1-10-17-11(6-14-12(9-26)7-15(24(2,3)4)20(29)18(10)14)5-13-8-16(28)19(23(27)32)22(31)25(13,33)21(17)30;/h7,11,13,29-31,33H,1,5-6,8-9,26H2,2-4H3,(H2,27,32);1H2/t11-,13+,25+;/m1./s1. The summed E-state index contributed by atoms with van der Waals surface area (Å²) in [5.74, 6) is -4.49. The molecule has 0 heterocycles. The number of aromatic hydroxyl groups is 1. The van der Waals surface area contributed by atoms with E-state index in [0.29, 0.717) is 23.1 Å². The van der Waals surface area contributed by atoms with Gasteiger partial charge in [0.05, 0.1) is 0 Å². The van der Waals surface area contributed by atoms with Crippen molar-refractivity contribution < 1.29 is 35.5 Å². The van der Waals surface area contributed by atoms with Gasteiger partial charge in [-0.1, -0.05) is 27.4 Å². The van der Waals surface area contributed by atoms with Crippen LogP contribution < -0.4 is 11.5 Å². The molecule has 0 saturated heterocycles. The number of rotatable bonds is 2. The lowest BCUT2D eigenvalue weighted by atomic mass is 9.59. The highest BCUT2D eigenvalue weighted by molar-refractivity contribution is 6.20. The van der Waals surface area contributed by atoms with Crippen LogP contribution in [0.15, 0.2) is 35.3 Å². The zero-order valence-corrected chi connectivity index (χ0v) is 19.5. The van der Waals surface area contributed by atoms with Crippen LogP contribution in [0.3, 0.4) is 0 Å². The molecule has 9 nitrogen and oxygen atoms in total. The molecule has 1 aromatic rings. The number of phenolic OH excluding ortho intramolecular Hbond substituents is 1. The first-order valence-corrected chi connectivity index (χ1v) is 11.0. The van der Waals surface area contributed by atoms with Gasteiger partial charge in [0, 0.05) is 35.6 Å². The van der Waals surface area contributed by atoms with Crippen LogP contribution in [0.5, 0.6) is 5.75 Å². The van der Waals surface area contributed by atoms with Gasteiger partial charge in [-0.25, -0.2) is 0 Å². The van der Waals surface area contributed by atoms with E-state index in [1.807, 2.05) is 26.8 Å². The summed E-state index contributed by atoms with van der Waals surface area (Å²) >= 11 is 0. The van der Waals surface area contributed by atoms with Crippen molar-refractivity contribution in [2.75, 3.05) is 0 Å². The largest absolute Gasteiger partial charge is 0.508 e. The summed E-state index contributed by atoms with van der Waals surface area (Å²) in [5.41, 5.74) is 11.3. The second-order valence-corrected chi connectivity index (χ2v) is 10.3. The Labute approximate surface area is 197 Å². The smallest absolute Gasteiger partial charge is 0.255 e. The highest BCUT2D eigenvalue weighted by Gasteiger charge is 2.57. The Morgan fingerprint density at radius 3 is 2.35 bits per heavy atom. The topological polar surface area (TPSA) is 199 Å². The SMILES string of the molecule is C=C1C2=C(O)[C@]3(O)C(O)=C(C(N)=O)C(=O)C[C@@H]3C[C@@H]2Cc2c(CN)cc(C(C)(C)C)c(O)c21.O. The minimum absolute atomic E-state index is 0. The molecule has 0 bridgehead atoms. The van der Waals surface area contributed by atoms with Gasteiger partial charge in [0.25, 0.3) is 5.91 Å². The molecule has 0 aliphatic heterocycles. The summed E-state index contributed by atoms with van der Waals surface area (Å²) in [4.78, 5) is 24.2. The van der Waals surface area contributed by atoms with Gasteiger partial charge in [-0.15, -0.1) is 0 Å². The molecule has 10 N–H and O–H groups in total. The Hall–Kier alpha value is -3.14. The fourth-order valence-corrected chi connectivity index (χ4v) is 5.70. The van der Waals surface area contributed by atoms with Gasteiger partial charge in [-0.2, -0.15) is 0 Å². The number of Topliss-reactive ketones (excluding diaryl/α,β-unsaturated/α-hetero) is 1. The second kappa shape index (κ2) is 7.97. The van der Waals surface area contributed by atoms with Crippen LogP contribution in [-0.4, -0.2) is 43.2 Å². The average molecular weight is 473 g/mol. The third kappa shape index (κ3) is 3.26. The molecule has 184 valence electrons. The average Bonchev–Trinajstić information content (AvgIpc) is 2.69. The number of hydrogen-bond donors (Lipinski definition) is 6. The molecule has 4 rings (SSSR count). The number of carbonyl (C=O) groups excluding carboxylic acids is 2. The van der Waals surface area contributed by atoms with E-state index in [4.69, 9.17) is 11.5 Å². The Morgan fingerprint density at radius 1 is 1.21 bits per heavy atom. The molecule has 0 spiro atoms. The van der Waals surface area contributed by atoms with E-state index in [1.54, 1.807) is 0 Å². The van der Waals surface area contributed by atoms with Crippen LogP contribution in [0.2, 0.25) is 0 Å². The zero-order chi connectivity index (χ0) is 24.6. The number of allylic oxidation sites excluding steroid dienone is 2. The molecule has 0 fully saturated rings. The third-order valence-electron chi connectivity index (χ3n) is 7.34. The fourth-order valence-electron chi connectivity index (χ4n) is 5.70. The quantitative estimate of drug-likeness (QED) is 0.349. The first kappa shape index (κ1) is 25.5. The van der Waals surface area contributed by atoms with Crippen LogP contribution >= 0.6 is 0 Å². The first-order valence-electron chi connectivity index (χ1n) is 11.0. The fraction of sp³-hybridized carbons (Fsp3) is 0.440. The molecule has 0 radical (unpaired) electrons. The number of carbonyl (C=O) groups is 2. The molecular weight excluding hydrogens is 440 g/mol. The van der Waals surface area contributed by atoms with E-state index in [0.717, 1.165) is 11.1 Å². The Kier molecular flexibility index (Phi) is 5.97. The number of hydrogen-bond acceptors (Lipinski definition) is 7. The highest BCUT2D eigenvalue weighted by Crippen LogP contribution is 2.56. The number of primary amides is 1. The Balaban J connectivity index is 0.00000324. The van der Waals surface area contributed by atoms with Crippen LogP contribution in [0.1, 0.15) is 55.9 Å². The number of ketones is 1. The molecule has 9 heteroatoms. The van der Waals surface area contributed by atoms with Crippen molar-refractivity contribution >= 4 is 17.3 Å². The zero-order valence-electron chi connectivity index (χ0n) is 19.5. The van der Waals surface area contributed by atoms with Crippen molar-refractivity contribution in [1.29, 1.82) is 0 Å². The number of benzene rings is 1. The first-order chi connectivity index (χ1) is 15.2. The normalized spacial score (nSPS) is 26.5. The predicted octanol–water partition coefficient (Wildman–Crippen LogP) is 1.34. The molecule has 1 amide bonds. The van der Waals surface area contributed by atoms with Crippen LogP contribution in [0, 0.1) is 11.8 Å². The van der Waals surface area contributed by atoms with Gasteiger partial charge in [0.2, 0.25) is 0 Å². The lowest BCUT2D eigenvalue weighted by Gasteiger charge is -2.47. The highest BCUT2D eigenvalue weighted by atomic mass is 16.4. The van der Waals surface area contributed by atoms with Crippen molar-refractivity contribution in [2.24, 2.45) is 23.3 Å². The van der Waals surface area contributed by atoms with E-state index < -0.39 is 45.7 Å². The van der Waals surface area contributed by atoms with Crippen molar-refractivity contribution in [1.82, 2.24) is 0 Å². The number of fused-ring (bicyclic) bond motifs is 3. The Bertz CT molecular complexity index is 1190. The molecule has 0 unspecified atom stereocenters. The lowest BCUT2D eigenvalue weighted by molar-refractivity contribution is -0.128. The molecule has 34 heavy (non-hydrogen) atoms. The third-order valence-corrected chi connectivity index (χ3v) is 7.34. The van der Waals surface area contributed by atoms with Gasteiger partial charge in [-0.05, 0) is 46.9 Å². The predicted molar refractivity (Wildman–Crippen MR) is 126 cm³/mol. The van der Waals surface area contributed by atoms with Gasteiger partial charge in [-0.3, -0.25) is 9.59 Å². The maximum absolute atomic E-state index is 12.5. The summed E-state index contributed by atoms with van der Waals surface area (Å²) in [5, 5.41) is 44.6. The van der Waals surface area contributed by atoms with Crippen molar-refractivity contribution in [3.05, 3.63) is 57.6 Å². The van der Waals surface area contributed by atoms with E-state index in [9.17, 15) is 30.0 Å². The van der Waals surface area contributed by atoms with Crippen molar-refractivity contribution in [3.8, 4) is 5.75 Å². The van der Waals surface area contributed by atoms with E-state index in [1.165, 1.54) is 0 Å². The molecule has 3 aliphatic carbocycles. The van der Waals surface area contributed by atoms with E-state index >= 15 is 0 Å². The van der Waals surface area contributed by atoms with Gasteiger partial charge in [0.1, 0.15) is 22.8 Å². The minimum Gasteiger partial charge on any atom is -0.508 e. The molecular formula is C25H32N2O7. The van der Waals surface area contributed by atoms with Crippen molar-refractivity contribution in [3.63, 3.8) is 0 Å². The maximum atomic E-state index is 12.5. The number of aliphatic hydroxyl groups is 3. The van der Waals surface area contributed by atoms with Crippen LogP contribution in [0.25, 0.3) is 5.57 Å². The molecule has 1 aromatic carbocycles. The minimum atomic E-state index is -2.33. The molecule has 0 aromatic heterocycles. The summed E-state index contributed by atoms with van der Waals surface area (Å²) in [7, 11) is 0. The van der Waals surface area contributed by atoms with Gasteiger partial charge >= 0.3 is 0 Å². The summed E-state index contributed by atoms with van der Waals surface area (Å²) in [6.07, 6.45) is 0.415. The van der Waals surface area contributed by atoms with Gasteiger partial charge in [0.15, 0.2) is 11.4 Å². The molecule has 0 saturated carbocycles. The Morgan fingerprint density at radius 2 is 1.82 bits per heavy atom. The lowest BCUT2D eigenvalue weighted by Crippen LogP contribution is -2.53. The van der Waals surface area contributed by atoms with Gasteiger partial charge < -0.3 is 37.4 Å². The number of aliphatic hydroxyl groups excluding tert-OH is 2. The maximum Gasteiger partial charge on any atom is 0.255 e. The number of amides is 1. The monoisotopic (exact) mass is 472 g/mol. The molecule has 3 atom stereocenters. The van der Waals surface area contributed by atoms with E-state index in [-0.39, 0.29) is 42.1 Å².